The van der Waals surface area contributed by atoms with E-state index in [1.807, 2.05) is 25.3 Å². The predicted octanol–water partition coefficient (Wildman–Crippen LogP) is 4.44. The van der Waals surface area contributed by atoms with Crippen LogP contribution in [0.25, 0.3) is 33.3 Å². The summed E-state index contributed by atoms with van der Waals surface area (Å²) < 4.78 is 0. The van der Waals surface area contributed by atoms with Crippen LogP contribution in [0.2, 0.25) is 0 Å². The van der Waals surface area contributed by atoms with Crippen molar-refractivity contribution in [2.45, 2.75) is 19.9 Å². The molecule has 0 bridgehead atoms. The van der Waals surface area contributed by atoms with E-state index in [9.17, 15) is 0 Å². The molecule has 5 heterocycles. The van der Waals surface area contributed by atoms with Gasteiger partial charge in [-0.1, -0.05) is 24.3 Å². The molecule has 30 heavy (non-hydrogen) atoms. The predicted molar refractivity (Wildman–Crippen MR) is 118 cm³/mol. The van der Waals surface area contributed by atoms with Gasteiger partial charge in [0.25, 0.3) is 0 Å². The van der Waals surface area contributed by atoms with Gasteiger partial charge in [-0.3, -0.25) is 0 Å². The number of aryl methyl sites for hydroxylation is 1. The van der Waals surface area contributed by atoms with E-state index in [1.165, 1.54) is 11.1 Å². The zero-order valence-electron chi connectivity index (χ0n) is 16.6. The van der Waals surface area contributed by atoms with Crippen molar-refractivity contribution < 1.29 is 0 Å². The van der Waals surface area contributed by atoms with Crippen LogP contribution < -0.4 is 4.90 Å². The topological polar surface area (TPSA) is 70.6 Å². The Morgan fingerprint density at radius 1 is 0.967 bits per heavy atom. The van der Waals surface area contributed by atoms with Gasteiger partial charge in [0.15, 0.2) is 5.82 Å². The number of rotatable bonds is 2. The highest BCUT2D eigenvalue weighted by Crippen LogP contribution is 2.29. The van der Waals surface area contributed by atoms with Crippen molar-refractivity contribution in [3.8, 4) is 11.3 Å². The number of aromatic amines is 1. The minimum atomic E-state index is 0.833. The summed E-state index contributed by atoms with van der Waals surface area (Å²) in [6, 6.07) is 16.9. The monoisotopic (exact) mass is 392 g/mol. The second kappa shape index (κ2) is 6.62. The molecule has 146 valence electrons. The van der Waals surface area contributed by atoms with Gasteiger partial charge >= 0.3 is 0 Å². The Morgan fingerprint density at radius 3 is 2.80 bits per heavy atom. The molecule has 0 saturated carbocycles. The highest BCUT2D eigenvalue weighted by molar-refractivity contribution is 5.88. The first kappa shape index (κ1) is 17.1. The third kappa shape index (κ3) is 2.80. The van der Waals surface area contributed by atoms with Gasteiger partial charge in [-0.15, -0.1) is 0 Å². The lowest BCUT2D eigenvalue weighted by atomic mass is 10.00. The summed E-state index contributed by atoms with van der Waals surface area (Å²) in [6.45, 7) is 3.80. The van der Waals surface area contributed by atoms with Crippen LogP contribution in [0, 0.1) is 6.92 Å². The van der Waals surface area contributed by atoms with Gasteiger partial charge in [-0.05, 0) is 48.7 Å². The summed E-state index contributed by atoms with van der Waals surface area (Å²) in [5, 5.41) is 1.09. The minimum Gasteiger partial charge on any atom is -0.350 e. The molecule has 6 rings (SSSR count). The third-order valence-electron chi connectivity index (χ3n) is 5.79. The first-order valence-electron chi connectivity index (χ1n) is 10.1. The van der Waals surface area contributed by atoms with Crippen LogP contribution in [0.4, 0.5) is 5.82 Å². The summed E-state index contributed by atoms with van der Waals surface area (Å²) in [5.74, 6) is 0.892. The van der Waals surface area contributed by atoms with Gasteiger partial charge in [-0.2, -0.15) is 0 Å². The molecule has 6 heteroatoms. The molecule has 0 saturated heterocycles. The number of nitrogens with zero attached hydrogens (tertiary/aromatic N) is 5. The van der Waals surface area contributed by atoms with Crippen LogP contribution in [0.15, 0.2) is 61.1 Å². The van der Waals surface area contributed by atoms with E-state index in [4.69, 9.17) is 4.98 Å². The van der Waals surface area contributed by atoms with E-state index in [0.29, 0.717) is 0 Å². The van der Waals surface area contributed by atoms with E-state index in [1.54, 1.807) is 6.33 Å². The molecule has 4 aromatic heterocycles. The average Bonchev–Trinajstić information content (AvgIpc) is 3.17. The highest BCUT2D eigenvalue weighted by Gasteiger charge is 2.20. The summed E-state index contributed by atoms with van der Waals surface area (Å²) >= 11 is 0. The standard InChI is InChI=1S/C24H20N6/c1-15-10-18-11-19(12-25-23(18)28-15)20-6-7-21-22(29-20)24(27-14-26-21)30-9-8-16-4-2-3-5-17(16)13-30/h2-7,10-12,14H,8-9,13H2,1H3,(H,25,28). The van der Waals surface area contributed by atoms with Crippen LogP contribution in [0.1, 0.15) is 16.8 Å². The van der Waals surface area contributed by atoms with E-state index in [-0.39, 0.29) is 0 Å². The Hall–Kier alpha value is -3.80. The molecular formula is C24H20N6. The summed E-state index contributed by atoms with van der Waals surface area (Å²) in [4.78, 5) is 24.2. The number of H-pyrrole nitrogens is 1. The van der Waals surface area contributed by atoms with Crippen molar-refractivity contribution >= 4 is 27.9 Å². The Labute approximate surface area is 173 Å². The Kier molecular flexibility index (Phi) is 3.77. The van der Waals surface area contributed by atoms with E-state index < -0.39 is 0 Å². The molecule has 0 spiro atoms. The van der Waals surface area contributed by atoms with Crippen molar-refractivity contribution in [1.29, 1.82) is 0 Å². The average molecular weight is 392 g/mol. The van der Waals surface area contributed by atoms with E-state index >= 15 is 0 Å². The van der Waals surface area contributed by atoms with Gasteiger partial charge in [0.2, 0.25) is 0 Å². The van der Waals surface area contributed by atoms with Gasteiger partial charge in [0, 0.05) is 35.9 Å². The van der Waals surface area contributed by atoms with Crippen LogP contribution in [0.5, 0.6) is 0 Å². The second-order valence-electron chi connectivity index (χ2n) is 7.82. The maximum atomic E-state index is 4.97. The van der Waals surface area contributed by atoms with Crippen LogP contribution in [-0.4, -0.2) is 31.5 Å². The van der Waals surface area contributed by atoms with Gasteiger partial charge < -0.3 is 9.88 Å². The van der Waals surface area contributed by atoms with Crippen molar-refractivity contribution in [3.05, 3.63) is 77.9 Å². The van der Waals surface area contributed by atoms with Crippen molar-refractivity contribution in [2.75, 3.05) is 11.4 Å². The third-order valence-corrected chi connectivity index (χ3v) is 5.79. The molecule has 0 aliphatic carbocycles. The normalized spacial score (nSPS) is 13.7. The molecule has 0 fully saturated rings. The summed E-state index contributed by atoms with van der Waals surface area (Å²) in [7, 11) is 0. The molecule has 1 N–H and O–H groups in total. The quantitative estimate of drug-likeness (QED) is 0.481. The highest BCUT2D eigenvalue weighted by atomic mass is 15.2. The molecule has 1 aliphatic heterocycles. The second-order valence-corrected chi connectivity index (χ2v) is 7.82. The minimum absolute atomic E-state index is 0.833. The molecule has 0 amide bonds. The lowest BCUT2D eigenvalue weighted by Crippen LogP contribution is -2.31. The lowest BCUT2D eigenvalue weighted by molar-refractivity contribution is 0.722. The molecule has 1 aromatic carbocycles. The first-order chi connectivity index (χ1) is 14.7. The van der Waals surface area contributed by atoms with Crippen molar-refractivity contribution in [1.82, 2.24) is 24.9 Å². The number of pyridine rings is 2. The number of aromatic nitrogens is 5. The van der Waals surface area contributed by atoms with Crippen molar-refractivity contribution in [2.24, 2.45) is 0 Å². The SMILES string of the molecule is Cc1cc2cc(-c3ccc4ncnc(N5CCc6ccccc6C5)c4n3)cnc2[nH]1. The molecular weight excluding hydrogens is 372 g/mol. The van der Waals surface area contributed by atoms with Gasteiger partial charge in [0.05, 0.1) is 11.2 Å². The Morgan fingerprint density at radius 2 is 1.87 bits per heavy atom. The Bertz CT molecular complexity index is 1400. The number of fused-ring (bicyclic) bond motifs is 3. The fourth-order valence-corrected chi connectivity index (χ4v) is 4.29. The summed E-state index contributed by atoms with van der Waals surface area (Å²) in [6.07, 6.45) is 4.51. The number of nitrogens with one attached hydrogen (secondary N) is 1. The fraction of sp³-hybridized carbons (Fsp3) is 0.167. The molecule has 6 nitrogen and oxygen atoms in total. The zero-order chi connectivity index (χ0) is 20.1. The largest absolute Gasteiger partial charge is 0.350 e. The zero-order valence-corrected chi connectivity index (χ0v) is 16.6. The van der Waals surface area contributed by atoms with Crippen LogP contribution in [-0.2, 0) is 13.0 Å². The summed E-state index contributed by atoms with van der Waals surface area (Å²) in [5.41, 5.74) is 8.32. The number of anilines is 1. The van der Waals surface area contributed by atoms with Gasteiger partial charge in [0.1, 0.15) is 17.5 Å². The smallest absolute Gasteiger partial charge is 0.158 e. The Balaban J connectivity index is 1.44. The molecule has 0 radical (unpaired) electrons. The fourth-order valence-electron chi connectivity index (χ4n) is 4.29. The molecule has 5 aromatic rings. The van der Waals surface area contributed by atoms with E-state index in [0.717, 1.165) is 64.3 Å². The number of hydrogen-bond acceptors (Lipinski definition) is 5. The van der Waals surface area contributed by atoms with Crippen LogP contribution in [0.3, 0.4) is 0 Å². The number of hydrogen-bond donors (Lipinski definition) is 1. The maximum absolute atomic E-state index is 4.97. The maximum Gasteiger partial charge on any atom is 0.158 e. The number of benzene rings is 1. The van der Waals surface area contributed by atoms with E-state index in [2.05, 4.69) is 61.2 Å². The van der Waals surface area contributed by atoms with Gasteiger partial charge in [-0.25, -0.2) is 19.9 Å². The molecule has 0 unspecified atom stereocenters. The van der Waals surface area contributed by atoms with Crippen molar-refractivity contribution in [3.63, 3.8) is 0 Å². The molecule has 0 atom stereocenters. The van der Waals surface area contributed by atoms with Crippen LogP contribution >= 0.6 is 0 Å². The lowest BCUT2D eigenvalue weighted by Gasteiger charge is -2.30. The molecule has 1 aliphatic rings. The first-order valence-corrected chi connectivity index (χ1v) is 10.1.